The van der Waals surface area contributed by atoms with E-state index in [1.165, 1.54) is 19.1 Å². The van der Waals surface area contributed by atoms with Gasteiger partial charge in [0.15, 0.2) is 6.10 Å². The third kappa shape index (κ3) is 4.08. The van der Waals surface area contributed by atoms with Crippen molar-refractivity contribution in [3.63, 3.8) is 0 Å². The van der Waals surface area contributed by atoms with Gasteiger partial charge < -0.3 is 4.74 Å². The monoisotopic (exact) mass is 375 g/mol. The first-order valence-electron chi connectivity index (χ1n) is 7.88. The van der Waals surface area contributed by atoms with Crippen LogP contribution in [0.2, 0.25) is 5.02 Å². The Hall–Kier alpha value is -2.73. The second-order valence-electron chi connectivity index (χ2n) is 6.08. The van der Waals surface area contributed by atoms with Crippen LogP contribution in [-0.4, -0.2) is 22.8 Å². The summed E-state index contributed by atoms with van der Waals surface area (Å²) in [5.74, 6) is -1.31. The number of nitrogens with zero attached hydrogens (tertiary/aromatic N) is 1. The number of Topliss-reactive ketones (excluding diaryl/α,β-unsaturated/α-hetero) is 1. The van der Waals surface area contributed by atoms with Gasteiger partial charge >= 0.3 is 5.97 Å². The molecule has 0 heterocycles. The molecule has 2 aromatic carbocycles. The van der Waals surface area contributed by atoms with Crippen molar-refractivity contribution < 1.29 is 19.2 Å². The fourth-order valence-electron chi connectivity index (χ4n) is 2.55. The molecule has 0 saturated heterocycles. The summed E-state index contributed by atoms with van der Waals surface area (Å²) >= 11 is 5.74. The molecule has 7 heteroatoms. The highest BCUT2D eigenvalue weighted by atomic mass is 35.5. The standard InChI is InChI=1S/C19H18ClNO5/c1-10-7-12(3)16(8-11(10)2)18(22)13(4)26-19(23)15-6-5-14(20)9-17(15)21(24)25/h5-9,13H,1-4H3. The Labute approximate surface area is 155 Å². The Morgan fingerprint density at radius 2 is 1.65 bits per heavy atom. The Kier molecular flexibility index (Phi) is 5.77. The largest absolute Gasteiger partial charge is 0.450 e. The molecule has 0 amide bonds. The second kappa shape index (κ2) is 7.66. The van der Waals surface area contributed by atoms with Gasteiger partial charge in [0.1, 0.15) is 5.56 Å². The molecular formula is C19H18ClNO5. The molecule has 0 N–H and O–H groups in total. The first kappa shape index (κ1) is 19.6. The quantitative estimate of drug-likeness (QED) is 0.330. The number of ketones is 1. The van der Waals surface area contributed by atoms with Crippen LogP contribution < -0.4 is 0 Å². The third-order valence-corrected chi connectivity index (χ3v) is 4.37. The molecule has 0 aromatic heterocycles. The van der Waals surface area contributed by atoms with E-state index in [2.05, 4.69) is 0 Å². The lowest BCUT2D eigenvalue weighted by atomic mass is 9.96. The molecule has 0 bridgehead atoms. The lowest BCUT2D eigenvalue weighted by Crippen LogP contribution is -2.25. The van der Waals surface area contributed by atoms with Crippen molar-refractivity contribution in [3.8, 4) is 0 Å². The van der Waals surface area contributed by atoms with Gasteiger partial charge in [-0.2, -0.15) is 0 Å². The lowest BCUT2D eigenvalue weighted by molar-refractivity contribution is -0.385. The molecule has 0 fully saturated rings. The number of carbonyl (C=O) groups is 2. The highest BCUT2D eigenvalue weighted by molar-refractivity contribution is 6.31. The molecule has 0 aliphatic rings. The summed E-state index contributed by atoms with van der Waals surface area (Å²) in [5, 5.41) is 11.2. The van der Waals surface area contributed by atoms with Crippen LogP contribution >= 0.6 is 11.6 Å². The lowest BCUT2D eigenvalue weighted by Gasteiger charge is -2.15. The van der Waals surface area contributed by atoms with Crippen LogP contribution in [0.15, 0.2) is 30.3 Å². The van der Waals surface area contributed by atoms with Crippen molar-refractivity contribution in [2.75, 3.05) is 0 Å². The van der Waals surface area contributed by atoms with E-state index in [9.17, 15) is 19.7 Å². The predicted octanol–water partition coefficient (Wildman–Crippen LogP) is 4.60. The van der Waals surface area contributed by atoms with Gasteiger partial charge in [-0.05, 0) is 62.6 Å². The normalized spacial score (nSPS) is 11.7. The summed E-state index contributed by atoms with van der Waals surface area (Å²) in [6.45, 7) is 7.08. The van der Waals surface area contributed by atoms with Crippen LogP contribution in [0.5, 0.6) is 0 Å². The first-order valence-corrected chi connectivity index (χ1v) is 8.26. The van der Waals surface area contributed by atoms with Gasteiger partial charge in [-0.1, -0.05) is 17.7 Å². The zero-order valence-corrected chi connectivity index (χ0v) is 15.6. The number of carbonyl (C=O) groups excluding carboxylic acids is 2. The van der Waals surface area contributed by atoms with E-state index in [0.29, 0.717) is 5.56 Å². The van der Waals surface area contributed by atoms with E-state index in [1.807, 2.05) is 19.9 Å². The van der Waals surface area contributed by atoms with E-state index in [4.69, 9.17) is 16.3 Å². The van der Waals surface area contributed by atoms with Crippen molar-refractivity contribution in [2.45, 2.75) is 33.8 Å². The number of nitro groups is 1. The fraction of sp³-hybridized carbons (Fsp3) is 0.263. The van der Waals surface area contributed by atoms with Gasteiger partial charge in [-0.25, -0.2) is 4.79 Å². The van der Waals surface area contributed by atoms with Crippen molar-refractivity contribution in [2.24, 2.45) is 0 Å². The predicted molar refractivity (Wildman–Crippen MR) is 98.0 cm³/mol. The van der Waals surface area contributed by atoms with E-state index in [-0.39, 0.29) is 16.4 Å². The van der Waals surface area contributed by atoms with Gasteiger partial charge in [-0.15, -0.1) is 0 Å². The SMILES string of the molecule is Cc1cc(C)c(C(=O)C(C)OC(=O)c2ccc(Cl)cc2[N+](=O)[O-])cc1C. The number of hydrogen-bond donors (Lipinski definition) is 0. The topological polar surface area (TPSA) is 86.5 Å². The van der Waals surface area contributed by atoms with Gasteiger partial charge in [-0.3, -0.25) is 14.9 Å². The second-order valence-corrected chi connectivity index (χ2v) is 6.52. The smallest absolute Gasteiger partial charge is 0.345 e. The Bertz CT molecular complexity index is 907. The van der Waals surface area contributed by atoms with Gasteiger partial charge in [0, 0.05) is 16.7 Å². The zero-order chi connectivity index (χ0) is 19.6. The molecule has 0 saturated carbocycles. The van der Waals surface area contributed by atoms with Gasteiger partial charge in [0.2, 0.25) is 5.78 Å². The number of benzene rings is 2. The zero-order valence-electron chi connectivity index (χ0n) is 14.8. The number of nitro benzene ring substituents is 1. The number of halogens is 1. The van der Waals surface area contributed by atoms with Crippen LogP contribution in [0.1, 0.15) is 44.3 Å². The summed E-state index contributed by atoms with van der Waals surface area (Å²) < 4.78 is 5.17. The number of rotatable bonds is 5. The molecule has 1 unspecified atom stereocenters. The minimum atomic E-state index is -1.08. The molecule has 0 aliphatic carbocycles. The van der Waals surface area contributed by atoms with Crippen LogP contribution in [0.3, 0.4) is 0 Å². The summed E-state index contributed by atoms with van der Waals surface area (Å²) in [6, 6.07) is 7.27. The highest BCUT2D eigenvalue weighted by Crippen LogP contribution is 2.25. The van der Waals surface area contributed by atoms with Crippen molar-refractivity contribution in [3.05, 3.63) is 73.3 Å². The molecule has 0 radical (unpaired) electrons. The Morgan fingerprint density at radius 3 is 2.27 bits per heavy atom. The van der Waals surface area contributed by atoms with Crippen LogP contribution in [0, 0.1) is 30.9 Å². The van der Waals surface area contributed by atoms with Crippen molar-refractivity contribution in [1.82, 2.24) is 0 Å². The minimum absolute atomic E-state index is 0.128. The fourth-order valence-corrected chi connectivity index (χ4v) is 2.72. The maximum atomic E-state index is 12.6. The highest BCUT2D eigenvalue weighted by Gasteiger charge is 2.27. The molecule has 2 rings (SSSR count). The maximum Gasteiger partial charge on any atom is 0.345 e. The van der Waals surface area contributed by atoms with Gasteiger partial charge in [0.05, 0.1) is 4.92 Å². The van der Waals surface area contributed by atoms with Gasteiger partial charge in [0.25, 0.3) is 5.69 Å². The molecule has 6 nitrogen and oxygen atoms in total. The average molecular weight is 376 g/mol. The Balaban J connectivity index is 2.26. The van der Waals surface area contributed by atoms with E-state index >= 15 is 0 Å². The molecule has 0 spiro atoms. The first-order chi connectivity index (χ1) is 12.1. The van der Waals surface area contributed by atoms with Crippen molar-refractivity contribution >= 4 is 29.0 Å². The minimum Gasteiger partial charge on any atom is -0.450 e. The maximum absolute atomic E-state index is 12.6. The molecule has 1 atom stereocenters. The van der Waals surface area contributed by atoms with Crippen LogP contribution in [0.4, 0.5) is 5.69 Å². The summed E-state index contributed by atoms with van der Waals surface area (Å²) in [6.07, 6.45) is -1.08. The average Bonchev–Trinajstić information content (AvgIpc) is 2.57. The molecule has 2 aromatic rings. The van der Waals surface area contributed by atoms with Crippen LogP contribution in [0.25, 0.3) is 0 Å². The van der Waals surface area contributed by atoms with E-state index < -0.39 is 22.7 Å². The van der Waals surface area contributed by atoms with E-state index in [1.54, 1.807) is 13.0 Å². The molecular weight excluding hydrogens is 358 g/mol. The number of ether oxygens (including phenoxy) is 1. The molecule has 136 valence electrons. The molecule has 26 heavy (non-hydrogen) atoms. The summed E-state index contributed by atoms with van der Waals surface area (Å²) in [5.41, 5.74) is 2.52. The summed E-state index contributed by atoms with van der Waals surface area (Å²) in [4.78, 5) is 35.3. The number of aryl methyl sites for hydroxylation is 3. The van der Waals surface area contributed by atoms with Crippen LogP contribution in [-0.2, 0) is 4.74 Å². The van der Waals surface area contributed by atoms with E-state index in [0.717, 1.165) is 22.8 Å². The number of esters is 1. The third-order valence-electron chi connectivity index (χ3n) is 4.14. The van der Waals surface area contributed by atoms with Crippen molar-refractivity contribution in [1.29, 1.82) is 0 Å². The summed E-state index contributed by atoms with van der Waals surface area (Å²) in [7, 11) is 0. The number of hydrogen-bond acceptors (Lipinski definition) is 5. The Morgan fingerprint density at radius 1 is 1.04 bits per heavy atom. The molecule has 0 aliphatic heterocycles.